The average molecular weight is 194 g/mol. The van der Waals surface area contributed by atoms with Crippen LogP contribution in [0.3, 0.4) is 0 Å². The van der Waals surface area contributed by atoms with Crippen molar-refractivity contribution in [2.75, 3.05) is 6.61 Å². The molecule has 1 aliphatic rings. The summed E-state index contributed by atoms with van der Waals surface area (Å²) >= 11 is 0. The van der Waals surface area contributed by atoms with E-state index in [1.54, 1.807) is 12.1 Å². The Kier molecular flexibility index (Phi) is 2.33. The number of phenols is 2. The summed E-state index contributed by atoms with van der Waals surface area (Å²) in [7, 11) is 0. The third-order valence-electron chi connectivity index (χ3n) is 2.64. The van der Waals surface area contributed by atoms with Gasteiger partial charge < -0.3 is 14.9 Å². The fraction of sp³-hybridized carbons (Fsp3) is 0.455. The molecule has 0 radical (unpaired) electrons. The number of fused-ring (bicyclic) bond motifs is 1. The largest absolute Gasteiger partial charge is 0.504 e. The fourth-order valence-electron chi connectivity index (χ4n) is 1.89. The van der Waals surface area contributed by atoms with Gasteiger partial charge in [-0.3, -0.25) is 0 Å². The van der Waals surface area contributed by atoms with Gasteiger partial charge in [-0.15, -0.1) is 0 Å². The molecule has 76 valence electrons. The molecular weight excluding hydrogens is 180 g/mol. The third-order valence-corrected chi connectivity index (χ3v) is 2.64. The second kappa shape index (κ2) is 3.50. The van der Waals surface area contributed by atoms with Crippen molar-refractivity contribution in [3.05, 3.63) is 23.3 Å². The topological polar surface area (TPSA) is 49.7 Å². The first-order valence-corrected chi connectivity index (χ1v) is 4.88. The molecule has 14 heavy (non-hydrogen) atoms. The summed E-state index contributed by atoms with van der Waals surface area (Å²) in [4.78, 5) is 0. The summed E-state index contributed by atoms with van der Waals surface area (Å²) in [6.07, 6.45) is 1.75. The van der Waals surface area contributed by atoms with Crippen molar-refractivity contribution in [3.8, 4) is 11.5 Å². The highest BCUT2D eigenvalue weighted by Gasteiger charge is 2.21. The van der Waals surface area contributed by atoms with Crippen LogP contribution in [0.4, 0.5) is 0 Å². The van der Waals surface area contributed by atoms with E-state index in [1.807, 2.05) is 6.92 Å². The number of phenolic OH excluding ortho intramolecular Hbond substituents is 2. The van der Waals surface area contributed by atoms with Gasteiger partial charge in [0.15, 0.2) is 11.5 Å². The zero-order valence-corrected chi connectivity index (χ0v) is 8.16. The van der Waals surface area contributed by atoms with E-state index in [0.717, 1.165) is 24.0 Å². The summed E-state index contributed by atoms with van der Waals surface area (Å²) < 4.78 is 5.56. The lowest BCUT2D eigenvalue weighted by molar-refractivity contribution is 0.0396. The summed E-state index contributed by atoms with van der Waals surface area (Å²) in [5.74, 6) is -0.104. The van der Waals surface area contributed by atoms with Crippen LogP contribution < -0.4 is 0 Å². The zero-order chi connectivity index (χ0) is 10.1. The quantitative estimate of drug-likeness (QED) is 0.673. The van der Waals surface area contributed by atoms with Gasteiger partial charge >= 0.3 is 0 Å². The smallest absolute Gasteiger partial charge is 0.157 e. The van der Waals surface area contributed by atoms with Gasteiger partial charge in [-0.2, -0.15) is 0 Å². The monoisotopic (exact) mass is 194 g/mol. The van der Waals surface area contributed by atoms with Gasteiger partial charge in [0.25, 0.3) is 0 Å². The Morgan fingerprint density at radius 2 is 2.07 bits per heavy atom. The Hall–Kier alpha value is -1.22. The van der Waals surface area contributed by atoms with Crippen LogP contribution in [0.25, 0.3) is 0 Å². The van der Waals surface area contributed by atoms with Crippen molar-refractivity contribution in [2.24, 2.45) is 0 Å². The second-order valence-electron chi connectivity index (χ2n) is 3.56. The molecular formula is C11H14O3. The minimum atomic E-state index is -0.0623. The molecule has 1 unspecified atom stereocenters. The van der Waals surface area contributed by atoms with Crippen molar-refractivity contribution in [1.29, 1.82) is 0 Å². The molecule has 1 heterocycles. The first-order chi connectivity index (χ1) is 6.72. The maximum Gasteiger partial charge on any atom is 0.157 e. The van der Waals surface area contributed by atoms with Gasteiger partial charge in [0.1, 0.15) is 0 Å². The highest BCUT2D eigenvalue weighted by molar-refractivity contribution is 5.47. The van der Waals surface area contributed by atoms with E-state index in [9.17, 15) is 10.2 Å². The van der Waals surface area contributed by atoms with Crippen molar-refractivity contribution < 1.29 is 14.9 Å². The normalized spacial score (nSPS) is 20.5. The van der Waals surface area contributed by atoms with Crippen LogP contribution >= 0.6 is 0 Å². The van der Waals surface area contributed by atoms with Crippen LogP contribution in [-0.2, 0) is 11.2 Å². The van der Waals surface area contributed by atoms with Crippen LogP contribution in [-0.4, -0.2) is 16.8 Å². The molecule has 0 saturated carbocycles. The van der Waals surface area contributed by atoms with E-state index in [1.165, 1.54) is 0 Å². The van der Waals surface area contributed by atoms with Crippen LogP contribution in [0, 0.1) is 0 Å². The van der Waals surface area contributed by atoms with Gasteiger partial charge in [0, 0.05) is 0 Å². The number of benzene rings is 1. The minimum Gasteiger partial charge on any atom is -0.504 e. The first-order valence-electron chi connectivity index (χ1n) is 4.88. The van der Waals surface area contributed by atoms with Crippen LogP contribution in [0.15, 0.2) is 12.1 Å². The van der Waals surface area contributed by atoms with Gasteiger partial charge in [-0.05, 0) is 36.1 Å². The molecule has 1 aromatic carbocycles. The maximum atomic E-state index is 9.38. The van der Waals surface area contributed by atoms with E-state index < -0.39 is 0 Å². The second-order valence-corrected chi connectivity index (χ2v) is 3.56. The zero-order valence-electron chi connectivity index (χ0n) is 8.16. The van der Waals surface area contributed by atoms with Crippen molar-refractivity contribution >= 4 is 0 Å². The van der Waals surface area contributed by atoms with Crippen LogP contribution in [0.5, 0.6) is 11.5 Å². The average Bonchev–Trinajstić information content (AvgIpc) is 2.19. The van der Waals surface area contributed by atoms with Gasteiger partial charge in [-0.1, -0.05) is 6.92 Å². The Morgan fingerprint density at radius 3 is 2.79 bits per heavy atom. The number of ether oxygens (including phenoxy) is 1. The molecule has 0 aliphatic carbocycles. The molecule has 0 saturated heterocycles. The maximum absolute atomic E-state index is 9.38. The highest BCUT2D eigenvalue weighted by atomic mass is 16.5. The SMILES string of the molecule is CCC1OCCc2cc(O)c(O)cc21. The minimum absolute atomic E-state index is 0.0412. The molecule has 0 spiro atoms. The van der Waals surface area contributed by atoms with Crippen molar-refractivity contribution in [3.63, 3.8) is 0 Å². The molecule has 0 aromatic heterocycles. The number of rotatable bonds is 1. The Balaban J connectivity index is 2.47. The molecule has 2 N–H and O–H groups in total. The highest BCUT2D eigenvalue weighted by Crippen LogP contribution is 2.36. The summed E-state index contributed by atoms with van der Waals surface area (Å²) in [6.45, 7) is 2.74. The molecule has 1 aromatic rings. The predicted octanol–water partition coefficient (Wildman–Crippen LogP) is 2.12. The fourth-order valence-corrected chi connectivity index (χ4v) is 1.89. The van der Waals surface area contributed by atoms with Gasteiger partial charge in [0.2, 0.25) is 0 Å². The number of hydrogen-bond acceptors (Lipinski definition) is 3. The molecule has 2 rings (SSSR count). The number of aromatic hydroxyl groups is 2. The summed E-state index contributed by atoms with van der Waals surface area (Å²) in [5, 5.41) is 18.7. The molecule has 3 nitrogen and oxygen atoms in total. The van der Waals surface area contributed by atoms with Crippen molar-refractivity contribution in [2.45, 2.75) is 25.9 Å². The van der Waals surface area contributed by atoms with E-state index in [4.69, 9.17) is 4.74 Å². The molecule has 0 bridgehead atoms. The standard InChI is InChI=1S/C11H14O3/c1-2-11-8-6-10(13)9(12)5-7(8)3-4-14-11/h5-6,11-13H,2-4H2,1H3. The lowest BCUT2D eigenvalue weighted by Gasteiger charge is -2.25. The van der Waals surface area contributed by atoms with Crippen molar-refractivity contribution in [1.82, 2.24) is 0 Å². The molecule has 0 amide bonds. The van der Waals surface area contributed by atoms with Crippen LogP contribution in [0.1, 0.15) is 30.6 Å². The number of hydrogen-bond donors (Lipinski definition) is 2. The Labute approximate surface area is 83.0 Å². The molecule has 3 heteroatoms. The third kappa shape index (κ3) is 1.44. The molecule has 0 fully saturated rings. The summed E-state index contributed by atoms with van der Waals surface area (Å²) in [5.41, 5.74) is 2.09. The lowest BCUT2D eigenvalue weighted by atomic mass is 9.95. The molecule has 1 aliphatic heterocycles. The van der Waals surface area contributed by atoms with E-state index in [2.05, 4.69) is 0 Å². The van der Waals surface area contributed by atoms with E-state index in [-0.39, 0.29) is 17.6 Å². The van der Waals surface area contributed by atoms with Gasteiger partial charge in [-0.25, -0.2) is 0 Å². The van der Waals surface area contributed by atoms with E-state index in [0.29, 0.717) is 6.61 Å². The lowest BCUT2D eigenvalue weighted by Crippen LogP contribution is -2.15. The Morgan fingerprint density at radius 1 is 1.36 bits per heavy atom. The molecule has 1 atom stereocenters. The van der Waals surface area contributed by atoms with Gasteiger partial charge in [0.05, 0.1) is 12.7 Å². The predicted molar refractivity (Wildman–Crippen MR) is 52.5 cm³/mol. The first kappa shape index (κ1) is 9.34. The Bertz CT molecular complexity index is 347. The summed E-state index contributed by atoms with van der Waals surface area (Å²) in [6, 6.07) is 3.24. The van der Waals surface area contributed by atoms with Crippen LogP contribution in [0.2, 0.25) is 0 Å². The van der Waals surface area contributed by atoms with E-state index >= 15 is 0 Å².